The molecule has 24 rings (SSSR count). The molecule has 0 saturated heterocycles. The second-order valence-corrected chi connectivity index (χ2v) is 29.3. The molecular weight excluding hydrogens is 1400 g/mol. The number of hydrogen-bond donors (Lipinski definition) is 0. The van der Waals surface area contributed by atoms with E-state index in [1.807, 2.05) is 121 Å². The summed E-state index contributed by atoms with van der Waals surface area (Å²) in [6, 6.07) is 128. The third-order valence-electron chi connectivity index (χ3n) is 22.8. The lowest BCUT2D eigenvalue weighted by molar-refractivity contribution is 0.668. The van der Waals surface area contributed by atoms with Gasteiger partial charge >= 0.3 is 0 Å². The van der Waals surface area contributed by atoms with Crippen LogP contribution in [0.5, 0.6) is 0 Å². The zero-order valence-corrected chi connectivity index (χ0v) is 60.9. The topological polar surface area (TPSA) is 123 Å². The molecule has 8 aromatic heterocycles. The fourth-order valence-corrected chi connectivity index (χ4v) is 17.7. The second-order valence-electron chi connectivity index (χ2n) is 29.3. The summed E-state index contributed by atoms with van der Waals surface area (Å²) in [5.74, 6) is 3.59. The standard InChI is InChI=1S/C102H60N10O2/c1-5-24-61(25-6-1)97-103-98(62-26-7-2-8-27-62)106-101(105-97)66-32-21-34-68(52-66)111-86-43-19-15-38-75(86)80-57-82-77-50-48-71(56-92(77)114-95(82)60-91(80)111)110-87-44-20-16-39-79(87)96-72(40-23-45-88(96)110)65-46-49-76-81-59-94-83(78-51-47-70(55-93(78)113-94)109-84-41-17-13-36-73(84)74-37-14-18-42-85(74)109)58-90(81)112(89(76)54-65)69-35-22-33-67(53-69)102-107-99(63-28-9-3-10-29-63)104-100(108-102)64-30-11-4-12-31-64/h1-60H. The molecule has 16 aromatic carbocycles. The Bertz CT molecular complexity index is 7940. The maximum Gasteiger partial charge on any atom is 0.164 e. The third kappa shape index (κ3) is 9.90. The summed E-state index contributed by atoms with van der Waals surface area (Å²) in [4.78, 5) is 30.7. The monoisotopic (exact) mass is 1460 g/mol. The minimum atomic E-state index is 0.574. The van der Waals surface area contributed by atoms with E-state index in [4.69, 9.17) is 38.7 Å². The van der Waals surface area contributed by atoms with E-state index < -0.39 is 0 Å². The van der Waals surface area contributed by atoms with Crippen LogP contribution in [0, 0.1) is 0 Å². The molecule has 114 heavy (non-hydrogen) atoms. The molecule has 0 saturated carbocycles. The highest BCUT2D eigenvalue weighted by atomic mass is 16.3. The smallest absolute Gasteiger partial charge is 0.164 e. The summed E-state index contributed by atoms with van der Waals surface area (Å²) in [5.41, 5.74) is 23.4. The van der Waals surface area contributed by atoms with Gasteiger partial charge in [0, 0.05) is 139 Å². The first-order valence-corrected chi connectivity index (χ1v) is 38.3. The van der Waals surface area contributed by atoms with Crippen LogP contribution < -0.4 is 0 Å². The van der Waals surface area contributed by atoms with Crippen LogP contribution in [0.2, 0.25) is 0 Å². The molecular formula is C102H60N10O2. The molecule has 0 spiro atoms. The summed E-state index contributed by atoms with van der Waals surface area (Å²) in [5, 5.41) is 13.3. The van der Waals surface area contributed by atoms with Gasteiger partial charge in [0.2, 0.25) is 0 Å². The van der Waals surface area contributed by atoms with Gasteiger partial charge in [-0.3, -0.25) is 0 Å². The van der Waals surface area contributed by atoms with E-state index in [0.717, 1.165) is 188 Å². The summed E-state index contributed by atoms with van der Waals surface area (Å²) in [6.07, 6.45) is 0. The van der Waals surface area contributed by atoms with Gasteiger partial charge in [-0.2, -0.15) is 0 Å². The van der Waals surface area contributed by atoms with Gasteiger partial charge in [-0.15, -0.1) is 0 Å². The van der Waals surface area contributed by atoms with E-state index in [9.17, 15) is 0 Å². The largest absolute Gasteiger partial charge is 0.456 e. The van der Waals surface area contributed by atoms with Crippen molar-refractivity contribution in [3.05, 3.63) is 364 Å². The van der Waals surface area contributed by atoms with Crippen LogP contribution in [0.1, 0.15) is 0 Å². The van der Waals surface area contributed by atoms with Crippen LogP contribution in [0.3, 0.4) is 0 Å². The van der Waals surface area contributed by atoms with Crippen molar-refractivity contribution in [2.75, 3.05) is 0 Å². The normalized spacial score (nSPS) is 12.0. The number of hydrogen-bond acceptors (Lipinski definition) is 8. The number of para-hydroxylation sites is 4. The van der Waals surface area contributed by atoms with Crippen LogP contribution in [0.15, 0.2) is 373 Å². The van der Waals surface area contributed by atoms with Gasteiger partial charge in [0.25, 0.3) is 0 Å². The van der Waals surface area contributed by atoms with Gasteiger partial charge < -0.3 is 27.1 Å². The molecule has 0 amide bonds. The Balaban J connectivity index is 0.650. The maximum atomic E-state index is 7.11. The predicted octanol–water partition coefficient (Wildman–Crippen LogP) is 25.9. The summed E-state index contributed by atoms with van der Waals surface area (Å²) >= 11 is 0. The Kier molecular flexibility index (Phi) is 13.8. The molecule has 24 aromatic rings. The molecule has 530 valence electrons. The highest BCUT2D eigenvalue weighted by Gasteiger charge is 2.25. The Labute approximate surface area is 650 Å². The summed E-state index contributed by atoms with van der Waals surface area (Å²) < 4.78 is 23.6. The minimum Gasteiger partial charge on any atom is -0.456 e. The third-order valence-corrected chi connectivity index (χ3v) is 22.8. The van der Waals surface area contributed by atoms with E-state index in [1.165, 1.54) is 10.8 Å². The Hall–Kier alpha value is -15.7. The first-order chi connectivity index (χ1) is 56.5. The molecule has 0 bridgehead atoms. The van der Waals surface area contributed by atoms with Crippen molar-refractivity contribution in [3.8, 4) is 102 Å². The fourth-order valence-electron chi connectivity index (χ4n) is 17.7. The van der Waals surface area contributed by atoms with Gasteiger partial charge in [-0.1, -0.05) is 243 Å². The van der Waals surface area contributed by atoms with Gasteiger partial charge in [0.05, 0.1) is 44.1 Å². The average Bonchev–Trinajstić information content (AvgIpc) is 1.57. The van der Waals surface area contributed by atoms with Crippen molar-refractivity contribution >= 4 is 131 Å². The number of benzene rings is 16. The lowest BCUT2D eigenvalue weighted by atomic mass is 9.98. The number of aromatic nitrogens is 10. The lowest BCUT2D eigenvalue weighted by Crippen LogP contribution is -2.01. The van der Waals surface area contributed by atoms with Crippen molar-refractivity contribution in [3.63, 3.8) is 0 Å². The van der Waals surface area contributed by atoms with Gasteiger partial charge in [0.15, 0.2) is 34.9 Å². The predicted molar refractivity (Wildman–Crippen MR) is 463 cm³/mol. The van der Waals surface area contributed by atoms with Gasteiger partial charge in [-0.05, 0) is 114 Å². The molecule has 8 heterocycles. The molecule has 12 heteroatoms. The van der Waals surface area contributed by atoms with Crippen LogP contribution in [0.25, 0.3) is 233 Å². The van der Waals surface area contributed by atoms with Crippen molar-refractivity contribution < 1.29 is 8.83 Å². The Morgan fingerprint density at radius 2 is 0.491 bits per heavy atom. The summed E-state index contributed by atoms with van der Waals surface area (Å²) in [7, 11) is 0. The molecule has 12 nitrogen and oxygen atoms in total. The van der Waals surface area contributed by atoms with Gasteiger partial charge in [-0.25, -0.2) is 29.9 Å². The van der Waals surface area contributed by atoms with Crippen molar-refractivity contribution in [1.29, 1.82) is 0 Å². The Morgan fingerprint density at radius 1 is 0.167 bits per heavy atom. The number of fused-ring (bicyclic) bond motifs is 18. The quantitative estimate of drug-likeness (QED) is 0.125. The SMILES string of the molecule is c1ccc(-c2nc(-c3ccccc3)nc(-c3cccc(-n4c5ccccc5c5cc6c(cc54)oc4cc(-n5c7ccccc7c7c(-c8ccc9c%10cc%11oc%12cc(-n%13c%14ccccc%14c%14ccccc%14%13)ccc%12c%11cc%10n(-c%10cccc(-c%11nc(-c%12ccccc%12)nc(-c%12ccccc%12)n%11)c%10)c9c8)cccc75)ccc46)c3)n2)cc1. The van der Waals surface area contributed by atoms with E-state index in [-0.39, 0.29) is 0 Å². The number of nitrogens with zero attached hydrogens (tertiary/aromatic N) is 10. The van der Waals surface area contributed by atoms with E-state index in [0.29, 0.717) is 34.9 Å². The van der Waals surface area contributed by atoms with Crippen molar-refractivity contribution in [2.45, 2.75) is 0 Å². The molecule has 0 fully saturated rings. The molecule has 0 radical (unpaired) electrons. The van der Waals surface area contributed by atoms with E-state index in [2.05, 4.69) is 261 Å². The van der Waals surface area contributed by atoms with Crippen molar-refractivity contribution in [1.82, 2.24) is 48.2 Å². The first kappa shape index (κ1) is 63.3. The van der Waals surface area contributed by atoms with E-state index in [1.54, 1.807) is 0 Å². The van der Waals surface area contributed by atoms with Crippen LogP contribution in [-0.4, -0.2) is 48.2 Å². The van der Waals surface area contributed by atoms with Crippen LogP contribution >= 0.6 is 0 Å². The van der Waals surface area contributed by atoms with Crippen molar-refractivity contribution in [2.24, 2.45) is 0 Å². The minimum absolute atomic E-state index is 0.574. The highest BCUT2D eigenvalue weighted by molar-refractivity contribution is 6.22. The number of furan rings is 2. The summed E-state index contributed by atoms with van der Waals surface area (Å²) in [6.45, 7) is 0. The molecule has 0 atom stereocenters. The molecule has 0 N–H and O–H groups in total. The fraction of sp³-hybridized carbons (Fsp3) is 0. The van der Waals surface area contributed by atoms with Gasteiger partial charge in [0.1, 0.15) is 22.3 Å². The first-order valence-electron chi connectivity index (χ1n) is 38.3. The molecule has 0 aliphatic carbocycles. The maximum absolute atomic E-state index is 7.11. The zero-order valence-electron chi connectivity index (χ0n) is 60.9. The zero-order chi connectivity index (χ0) is 74.6. The molecule has 0 aliphatic rings. The Morgan fingerprint density at radius 3 is 1.00 bits per heavy atom. The number of rotatable bonds is 11. The highest BCUT2D eigenvalue weighted by Crippen LogP contribution is 2.47. The van der Waals surface area contributed by atoms with Crippen LogP contribution in [0.4, 0.5) is 0 Å². The lowest BCUT2D eigenvalue weighted by Gasteiger charge is -2.12. The molecule has 0 unspecified atom stereocenters. The average molecular weight is 1460 g/mol. The molecule has 0 aliphatic heterocycles. The second kappa shape index (κ2) is 24.9. The van der Waals surface area contributed by atoms with Crippen LogP contribution in [-0.2, 0) is 0 Å². The van der Waals surface area contributed by atoms with E-state index >= 15 is 0 Å².